The predicted molar refractivity (Wildman–Crippen MR) is 93.4 cm³/mol. The molecule has 0 unspecified atom stereocenters. The van der Waals surface area contributed by atoms with Crippen LogP contribution < -0.4 is 14.8 Å². The van der Waals surface area contributed by atoms with Crippen LogP contribution in [-0.2, 0) is 12.6 Å². The van der Waals surface area contributed by atoms with E-state index >= 15 is 0 Å². The summed E-state index contributed by atoms with van der Waals surface area (Å²) in [5.41, 5.74) is 0.693. The van der Waals surface area contributed by atoms with Crippen LogP contribution in [0, 0.1) is 0 Å². The van der Waals surface area contributed by atoms with Gasteiger partial charge in [-0.2, -0.15) is 0 Å². The third-order valence-electron chi connectivity index (χ3n) is 4.04. The number of carbonyl (C=O) groups excluding carboxylic acids is 1. The molecule has 2 heterocycles. The predicted octanol–water partition coefficient (Wildman–Crippen LogP) is 3.77. The fourth-order valence-electron chi connectivity index (χ4n) is 2.61. The highest BCUT2D eigenvalue weighted by molar-refractivity contribution is 6.41. The van der Waals surface area contributed by atoms with Crippen molar-refractivity contribution in [2.45, 2.75) is 19.4 Å². The molecule has 0 radical (unpaired) electrons. The van der Waals surface area contributed by atoms with E-state index in [-0.39, 0.29) is 5.91 Å². The van der Waals surface area contributed by atoms with Crippen molar-refractivity contribution in [1.82, 2.24) is 9.88 Å². The summed E-state index contributed by atoms with van der Waals surface area (Å²) in [4.78, 5) is 12.6. The molecule has 0 saturated carbocycles. The summed E-state index contributed by atoms with van der Waals surface area (Å²) in [5, 5.41) is 3.68. The maximum atomic E-state index is 12.6. The van der Waals surface area contributed by atoms with Gasteiger partial charge >= 0.3 is 0 Å². The summed E-state index contributed by atoms with van der Waals surface area (Å²) in [6.07, 6.45) is 0. The standard InChI is InChI=1S/C17H18Cl2N2O3/c1-17(2,10-4-5-13-14(8-10)24-7-6-23-13)20-16(22)12-9-11(18)15(19)21(12)3/h4-5,8-9H,6-7H2,1-3H3,(H,20,22). The topological polar surface area (TPSA) is 52.5 Å². The number of fused-ring (bicyclic) bond motifs is 1. The van der Waals surface area contributed by atoms with Crippen LogP contribution in [0.2, 0.25) is 10.2 Å². The summed E-state index contributed by atoms with van der Waals surface area (Å²) in [6, 6.07) is 7.21. The van der Waals surface area contributed by atoms with Gasteiger partial charge < -0.3 is 19.4 Å². The molecule has 3 rings (SSSR count). The zero-order chi connectivity index (χ0) is 17.5. The van der Waals surface area contributed by atoms with Gasteiger partial charge in [-0.15, -0.1) is 0 Å². The van der Waals surface area contributed by atoms with E-state index in [9.17, 15) is 4.79 Å². The second kappa shape index (κ2) is 6.22. The van der Waals surface area contributed by atoms with Gasteiger partial charge in [0.2, 0.25) is 0 Å². The second-order valence-electron chi connectivity index (χ2n) is 6.16. The molecule has 2 aromatic rings. The average Bonchev–Trinajstić information content (AvgIpc) is 2.81. The zero-order valence-electron chi connectivity index (χ0n) is 13.7. The van der Waals surface area contributed by atoms with E-state index in [2.05, 4.69) is 5.32 Å². The summed E-state index contributed by atoms with van der Waals surface area (Å²) < 4.78 is 12.7. The summed E-state index contributed by atoms with van der Waals surface area (Å²) in [6.45, 7) is 4.90. The van der Waals surface area contributed by atoms with Crippen LogP contribution >= 0.6 is 23.2 Å². The smallest absolute Gasteiger partial charge is 0.268 e. The van der Waals surface area contributed by atoms with E-state index in [0.29, 0.717) is 40.6 Å². The first-order valence-electron chi connectivity index (χ1n) is 7.53. The Hall–Kier alpha value is -1.85. The molecular weight excluding hydrogens is 351 g/mol. The first-order chi connectivity index (χ1) is 11.3. The van der Waals surface area contributed by atoms with E-state index in [1.807, 2.05) is 32.0 Å². The lowest BCUT2D eigenvalue weighted by Crippen LogP contribution is -2.41. The minimum Gasteiger partial charge on any atom is -0.486 e. The highest BCUT2D eigenvalue weighted by Crippen LogP contribution is 2.34. The molecule has 5 nitrogen and oxygen atoms in total. The molecule has 0 fully saturated rings. The van der Waals surface area contributed by atoms with Gasteiger partial charge in [0.15, 0.2) is 11.5 Å². The van der Waals surface area contributed by atoms with Gasteiger partial charge in [0, 0.05) is 7.05 Å². The van der Waals surface area contributed by atoms with Crippen molar-refractivity contribution in [3.63, 3.8) is 0 Å². The number of aromatic nitrogens is 1. The molecule has 0 spiro atoms. The minimum atomic E-state index is -0.615. The number of amides is 1. The third-order valence-corrected chi connectivity index (χ3v) is 4.88. The van der Waals surface area contributed by atoms with Gasteiger partial charge in [0.05, 0.1) is 10.6 Å². The Morgan fingerprint density at radius 1 is 1.17 bits per heavy atom. The van der Waals surface area contributed by atoms with Gasteiger partial charge in [-0.3, -0.25) is 4.79 Å². The molecule has 7 heteroatoms. The van der Waals surface area contributed by atoms with Crippen molar-refractivity contribution < 1.29 is 14.3 Å². The molecule has 1 amide bonds. The fourth-order valence-corrected chi connectivity index (χ4v) is 2.99. The van der Waals surface area contributed by atoms with E-state index in [0.717, 1.165) is 5.56 Å². The van der Waals surface area contributed by atoms with Gasteiger partial charge in [-0.25, -0.2) is 0 Å². The van der Waals surface area contributed by atoms with Crippen LogP contribution in [0.1, 0.15) is 29.9 Å². The lowest BCUT2D eigenvalue weighted by molar-refractivity contribution is 0.0903. The summed E-state index contributed by atoms with van der Waals surface area (Å²) >= 11 is 12.0. The Morgan fingerprint density at radius 2 is 1.83 bits per heavy atom. The molecule has 1 aromatic heterocycles. The average molecular weight is 369 g/mol. The Morgan fingerprint density at radius 3 is 2.46 bits per heavy atom. The molecule has 0 aliphatic carbocycles. The normalized spacial score (nSPS) is 13.7. The molecule has 1 aliphatic heterocycles. The molecule has 0 bridgehead atoms. The van der Waals surface area contributed by atoms with Crippen LogP contribution in [0.25, 0.3) is 0 Å². The summed E-state index contributed by atoms with van der Waals surface area (Å²) in [7, 11) is 1.69. The molecule has 128 valence electrons. The molecule has 0 saturated heterocycles. The maximum absolute atomic E-state index is 12.6. The SMILES string of the molecule is Cn1c(C(=O)NC(C)(C)c2ccc3c(c2)OCCO3)cc(Cl)c1Cl. The Kier molecular flexibility index (Phi) is 4.40. The lowest BCUT2D eigenvalue weighted by atomic mass is 9.93. The van der Waals surface area contributed by atoms with E-state index in [1.165, 1.54) is 0 Å². The van der Waals surface area contributed by atoms with Gasteiger partial charge in [0.1, 0.15) is 24.1 Å². The fraction of sp³-hybridized carbons (Fsp3) is 0.353. The van der Waals surface area contributed by atoms with E-state index in [4.69, 9.17) is 32.7 Å². The number of hydrogen-bond donors (Lipinski definition) is 1. The molecule has 1 N–H and O–H groups in total. The van der Waals surface area contributed by atoms with Crippen LogP contribution in [0.4, 0.5) is 0 Å². The molecule has 24 heavy (non-hydrogen) atoms. The van der Waals surface area contributed by atoms with Crippen LogP contribution in [0.5, 0.6) is 11.5 Å². The van der Waals surface area contributed by atoms with Gasteiger partial charge in [-0.1, -0.05) is 29.3 Å². The number of halogens is 2. The van der Waals surface area contributed by atoms with Crippen molar-refractivity contribution >= 4 is 29.1 Å². The molecule has 1 aromatic carbocycles. The molecule has 1 aliphatic rings. The van der Waals surface area contributed by atoms with Crippen molar-refractivity contribution in [2.24, 2.45) is 7.05 Å². The van der Waals surface area contributed by atoms with Crippen LogP contribution in [0.15, 0.2) is 24.3 Å². The molecule has 0 atom stereocenters. The Balaban J connectivity index is 1.85. The number of ether oxygens (including phenoxy) is 2. The van der Waals surface area contributed by atoms with Crippen molar-refractivity contribution in [3.05, 3.63) is 45.7 Å². The number of nitrogens with zero attached hydrogens (tertiary/aromatic N) is 1. The zero-order valence-corrected chi connectivity index (χ0v) is 15.2. The van der Waals surface area contributed by atoms with Crippen molar-refractivity contribution in [2.75, 3.05) is 13.2 Å². The first-order valence-corrected chi connectivity index (χ1v) is 8.28. The monoisotopic (exact) mass is 368 g/mol. The highest BCUT2D eigenvalue weighted by Gasteiger charge is 2.27. The Bertz CT molecular complexity index is 799. The third kappa shape index (κ3) is 3.06. The largest absolute Gasteiger partial charge is 0.486 e. The number of rotatable bonds is 3. The molecular formula is C17H18Cl2N2O3. The van der Waals surface area contributed by atoms with Crippen molar-refractivity contribution in [3.8, 4) is 11.5 Å². The minimum absolute atomic E-state index is 0.258. The van der Waals surface area contributed by atoms with Crippen LogP contribution in [-0.4, -0.2) is 23.7 Å². The van der Waals surface area contributed by atoms with Gasteiger partial charge in [-0.05, 0) is 37.6 Å². The van der Waals surface area contributed by atoms with E-state index in [1.54, 1.807) is 17.7 Å². The number of benzene rings is 1. The summed E-state index contributed by atoms with van der Waals surface area (Å²) in [5.74, 6) is 1.14. The van der Waals surface area contributed by atoms with Crippen molar-refractivity contribution in [1.29, 1.82) is 0 Å². The number of hydrogen-bond acceptors (Lipinski definition) is 3. The number of nitrogens with one attached hydrogen (secondary N) is 1. The van der Waals surface area contributed by atoms with Crippen LogP contribution in [0.3, 0.4) is 0 Å². The quantitative estimate of drug-likeness (QED) is 0.896. The maximum Gasteiger partial charge on any atom is 0.268 e. The highest BCUT2D eigenvalue weighted by atomic mass is 35.5. The number of carbonyl (C=O) groups is 1. The first kappa shape index (κ1) is 17.0. The van der Waals surface area contributed by atoms with E-state index < -0.39 is 5.54 Å². The Labute approximate surface area is 150 Å². The second-order valence-corrected chi connectivity index (χ2v) is 6.93. The van der Waals surface area contributed by atoms with Gasteiger partial charge in [0.25, 0.3) is 5.91 Å². The lowest BCUT2D eigenvalue weighted by Gasteiger charge is -2.28.